The summed E-state index contributed by atoms with van der Waals surface area (Å²) in [4.78, 5) is 0. The van der Waals surface area contributed by atoms with Crippen LogP contribution in [0.4, 0.5) is 0 Å². The van der Waals surface area contributed by atoms with E-state index in [1.54, 1.807) is 0 Å². The van der Waals surface area contributed by atoms with Crippen molar-refractivity contribution in [3.8, 4) is 23.0 Å². The normalized spacial score (nSPS) is 9.08. The number of para-hydroxylation sites is 2. The maximum atomic E-state index is 6.75. The van der Waals surface area contributed by atoms with Gasteiger partial charge >= 0.3 is 0 Å². The molecule has 0 atom stereocenters. The number of hydrogen-bond donors (Lipinski definition) is 1. The van der Waals surface area contributed by atoms with Crippen molar-refractivity contribution in [3.05, 3.63) is 98.5 Å². The van der Waals surface area contributed by atoms with Crippen LogP contribution in [-0.2, 0) is 32.7 Å². The van der Waals surface area contributed by atoms with E-state index in [0.29, 0.717) is 11.5 Å². The molecule has 0 unspecified atom stereocenters. The Labute approximate surface area is 168 Å². The molecular weight excluding hydrogens is 377 g/mol. The molecule has 0 aliphatic rings. The van der Waals surface area contributed by atoms with Crippen LogP contribution in [-0.4, -0.2) is 5.11 Å². The second-order valence-electron chi connectivity index (χ2n) is 4.64. The third kappa shape index (κ3) is 6.36. The first kappa shape index (κ1) is 20.2. The van der Waals surface area contributed by atoms with Crippen LogP contribution in [0.1, 0.15) is 5.56 Å². The average Bonchev–Trinajstić information content (AvgIpc) is 2.58. The maximum Gasteiger partial charge on any atom is 0.125 e. The van der Waals surface area contributed by atoms with Crippen molar-refractivity contribution in [1.82, 2.24) is 0 Å². The topological polar surface area (TPSA) is 38.7 Å². The van der Waals surface area contributed by atoms with Gasteiger partial charge in [0.25, 0.3) is 0 Å². The van der Waals surface area contributed by atoms with E-state index < -0.39 is 0 Å². The van der Waals surface area contributed by atoms with Gasteiger partial charge in [-0.05, 0) is 30.3 Å². The van der Waals surface area contributed by atoms with Crippen molar-refractivity contribution in [2.45, 2.75) is 0 Å². The molecule has 0 amide bonds. The first-order valence-corrected chi connectivity index (χ1v) is 7.04. The number of aliphatic hydroxyl groups is 1. The van der Waals surface area contributed by atoms with Crippen LogP contribution in [0, 0.1) is 14.0 Å². The number of aliphatic hydroxyl groups excluding tert-OH is 1. The number of rotatable bonds is 4. The Hall–Kier alpha value is -1.81. The third-order valence-electron chi connectivity index (χ3n) is 2.90. The van der Waals surface area contributed by atoms with E-state index in [1.807, 2.05) is 78.9 Å². The molecule has 3 aromatic rings. The monoisotopic (exact) mass is 395 g/mol. The van der Waals surface area contributed by atoms with Gasteiger partial charge in [0.1, 0.15) is 11.5 Å². The molecule has 3 rings (SSSR count). The minimum atomic E-state index is 0. The summed E-state index contributed by atoms with van der Waals surface area (Å²) in [5.41, 5.74) is 0.842. The number of benzene rings is 3. The fourth-order valence-electron chi connectivity index (χ4n) is 2.00. The van der Waals surface area contributed by atoms with E-state index in [-0.39, 0.29) is 32.7 Å². The van der Waals surface area contributed by atoms with Gasteiger partial charge in [-0.25, -0.2) is 7.11 Å². The Morgan fingerprint density at radius 3 is 1.33 bits per heavy atom. The van der Waals surface area contributed by atoms with Crippen LogP contribution < -0.4 is 9.47 Å². The van der Waals surface area contributed by atoms with Gasteiger partial charge in [0.05, 0.1) is 11.5 Å². The molecule has 3 aromatic carbocycles. The Morgan fingerprint density at radius 2 is 0.958 bits per heavy atom. The summed E-state index contributed by atoms with van der Waals surface area (Å²) in [5.74, 6) is 2.99. The standard InChI is InChI=1S/C19H15O2.CH3O.Y/c1-15-12-18(20-16-8-4-2-5-9-16)14-19(13-15)21-17-10-6-3-7-11-17;1-2;/h2-14H,1H2;2H,1H2;/q2*-1;. The zero-order chi connectivity index (χ0) is 16.5. The second-order valence-corrected chi connectivity index (χ2v) is 4.64. The smallest absolute Gasteiger partial charge is 0.125 e. The van der Waals surface area contributed by atoms with Crippen molar-refractivity contribution in [3.63, 3.8) is 0 Å². The predicted molar refractivity (Wildman–Crippen MR) is 91.2 cm³/mol. The van der Waals surface area contributed by atoms with E-state index in [9.17, 15) is 0 Å². The summed E-state index contributed by atoms with van der Waals surface area (Å²) in [5, 5.41) is 6.75. The van der Waals surface area contributed by atoms with E-state index in [4.69, 9.17) is 14.6 Å². The first-order chi connectivity index (χ1) is 11.3. The quantitative estimate of drug-likeness (QED) is 0.585. The maximum absolute atomic E-state index is 6.75. The molecule has 121 valence electrons. The predicted octanol–water partition coefficient (Wildman–Crippen LogP) is 5.60. The largest absolute Gasteiger partial charge is 0.569 e. The summed E-state index contributed by atoms with van der Waals surface area (Å²) in [6.45, 7) is 3.97. The molecule has 1 N–H and O–H groups in total. The zero-order valence-electron chi connectivity index (χ0n) is 13.3. The zero-order valence-corrected chi connectivity index (χ0v) is 16.1. The minimum Gasteiger partial charge on any atom is -0.569 e. The van der Waals surface area contributed by atoms with Crippen LogP contribution in [0.25, 0.3) is 0 Å². The van der Waals surface area contributed by atoms with Crippen LogP contribution in [0.15, 0.2) is 78.9 Å². The van der Waals surface area contributed by atoms with E-state index in [1.165, 1.54) is 0 Å². The Balaban J connectivity index is 0.000000925. The Kier molecular flexibility index (Phi) is 9.17. The van der Waals surface area contributed by atoms with Gasteiger partial charge in [0.2, 0.25) is 0 Å². The summed E-state index contributed by atoms with van der Waals surface area (Å²) in [6, 6.07) is 24.9. The minimum absolute atomic E-state index is 0. The summed E-state index contributed by atoms with van der Waals surface area (Å²) in [7, 11) is 2.25. The van der Waals surface area contributed by atoms with Crippen molar-refractivity contribution in [1.29, 1.82) is 0 Å². The van der Waals surface area contributed by atoms with Gasteiger partial charge in [-0.3, -0.25) is 0 Å². The number of hydrogen-bond acceptors (Lipinski definition) is 3. The molecule has 1 radical (unpaired) electrons. The molecule has 4 heteroatoms. The molecule has 0 heterocycles. The van der Waals surface area contributed by atoms with Gasteiger partial charge in [-0.15, -0.1) is 12.1 Å². The SMILES string of the molecule is [CH2-]O.[CH2-]c1cc(Oc2ccccc2)cc(Oc2ccccc2)c1.[Y]. The third-order valence-corrected chi connectivity index (χ3v) is 2.90. The van der Waals surface area contributed by atoms with Gasteiger partial charge in [-0.2, -0.15) is 12.5 Å². The van der Waals surface area contributed by atoms with Crippen LogP contribution in [0.5, 0.6) is 23.0 Å². The van der Waals surface area contributed by atoms with Gasteiger partial charge in [-0.1, -0.05) is 36.4 Å². The second kappa shape index (κ2) is 10.9. The summed E-state index contributed by atoms with van der Waals surface area (Å²) in [6.07, 6.45) is 0. The molecule has 0 bridgehead atoms. The first-order valence-electron chi connectivity index (χ1n) is 7.04. The fourth-order valence-corrected chi connectivity index (χ4v) is 2.00. The van der Waals surface area contributed by atoms with Gasteiger partial charge < -0.3 is 14.6 Å². The van der Waals surface area contributed by atoms with Gasteiger partial charge in [0, 0.05) is 32.7 Å². The Bertz CT molecular complexity index is 656. The molecule has 0 aliphatic carbocycles. The number of ether oxygens (including phenoxy) is 2. The fraction of sp³-hybridized carbons (Fsp3) is 0. The molecule has 0 aliphatic heterocycles. The van der Waals surface area contributed by atoms with E-state index >= 15 is 0 Å². The van der Waals surface area contributed by atoms with Gasteiger partial charge in [0.15, 0.2) is 0 Å². The van der Waals surface area contributed by atoms with Crippen molar-refractivity contribution < 1.29 is 47.3 Å². The van der Waals surface area contributed by atoms with Crippen molar-refractivity contribution in [2.24, 2.45) is 0 Å². The molecule has 0 saturated heterocycles. The van der Waals surface area contributed by atoms with Crippen LogP contribution in [0.2, 0.25) is 0 Å². The van der Waals surface area contributed by atoms with Crippen molar-refractivity contribution >= 4 is 0 Å². The Morgan fingerprint density at radius 1 is 0.583 bits per heavy atom. The average molecular weight is 395 g/mol. The summed E-state index contributed by atoms with van der Waals surface area (Å²) >= 11 is 0. The molecule has 0 aromatic heterocycles. The molecular formula is C20H18O3Y-2. The molecule has 3 nitrogen and oxygen atoms in total. The molecule has 0 saturated carbocycles. The molecule has 0 spiro atoms. The van der Waals surface area contributed by atoms with E-state index in [2.05, 4.69) is 14.0 Å². The van der Waals surface area contributed by atoms with Crippen LogP contribution in [0.3, 0.4) is 0 Å². The molecule has 0 fully saturated rings. The van der Waals surface area contributed by atoms with Crippen LogP contribution >= 0.6 is 0 Å². The molecule has 24 heavy (non-hydrogen) atoms. The van der Waals surface area contributed by atoms with E-state index in [0.717, 1.165) is 17.1 Å². The van der Waals surface area contributed by atoms with Crippen molar-refractivity contribution in [2.75, 3.05) is 0 Å². The summed E-state index contributed by atoms with van der Waals surface area (Å²) < 4.78 is 11.6.